The first-order valence-corrected chi connectivity index (χ1v) is 15.3. The summed E-state index contributed by atoms with van der Waals surface area (Å²) < 4.78 is 25.7. The SMILES string of the molecule is CC(CP(=O)(OCc1ccccc1)OCc1ccccc1)c1nc(CN(C)C(=O)NC(C(=O)O)C(C)C)cs1. The highest BCUT2D eigenvalue weighted by molar-refractivity contribution is 7.53. The molecule has 0 bridgehead atoms. The predicted octanol–water partition coefficient (Wildman–Crippen LogP) is 6.12. The summed E-state index contributed by atoms with van der Waals surface area (Å²) in [6, 6.07) is 17.6. The number of thiazole rings is 1. The predicted molar refractivity (Wildman–Crippen MR) is 152 cm³/mol. The molecular weight excluding hydrogens is 537 g/mol. The van der Waals surface area contributed by atoms with Gasteiger partial charge in [0.05, 0.1) is 36.6 Å². The van der Waals surface area contributed by atoms with Gasteiger partial charge >= 0.3 is 19.6 Å². The summed E-state index contributed by atoms with van der Waals surface area (Å²) in [6.45, 7) is 5.92. The van der Waals surface area contributed by atoms with Crippen LogP contribution in [0.4, 0.5) is 4.79 Å². The van der Waals surface area contributed by atoms with Gasteiger partial charge in [-0.05, 0) is 17.0 Å². The molecule has 3 aromatic rings. The molecule has 0 aliphatic rings. The molecule has 3 rings (SSSR count). The average molecular weight is 574 g/mol. The maximum absolute atomic E-state index is 13.9. The van der Waals surface area contributed by atoms with Crippen molar-refractivity contribution in [3.63, 3.8) is 0 Å². The highest BCUT2D eigenvalue weighted by atomic mass is 32.1. The van der Waals surface area contributed by atoms with E-state index in [4.69, 9.17) is 9.05 Å². The van der Waals surface area contributed by atoms with E-state index in [9.17, 15) is 19.3 Å². The Kier molecular flexibility index (Phi) is 11.2. The second-order valence-corrected chi connectivity index (χ2v) is 12.7. The summed E-state index contributed by atoms with van der Waals surface area (Å²) in [7, 11) is -1.92. The summed E-state index contributed by atoms with van der Waals surface area (Å²) in [6.07, 6.45) is 0.143. The maximum Gasteiger partial charge on any atom is 0.332 e. The minimum Gasteiger partial charge on any atom is -0.480 e. The van der Waals surface area contributed by atoms with Gasteiger partial charge < -0.3 is 24.4 Å². The molecule has 2 amide bonds. The van der Waals surface area contributed by atoms with Crippen molar-refractivity contribution in [1.82, 2.24) is 15.2 Å². The molecule has 2 unspecified atom stereocenters. The van der Waals surface area contributed by atoms with E-state index in [-0.39, 0.29) is 37.8 Å². The van der Waals surface area contributed by atoms with Gasteiger partial charge in [-0.15, -0.1) is 11.3 Å². The van der Waals surface area contributed by atoms with Crippen LogP contribution < -0.4 is 5.32 Å². The quantitative estimate of drug-likeness (QED) is 0.223. The van der Waals surface area contributed by atoms with Crippen molar-refractivity contribution in [1.29, 1.82) is 0 Å². The fourth-order valence-electron chi connectivity index (χ4n) is 3.74. The van der Waals surface area contributed by atoms with Crippen LogP contribution in [0.2, 0.25) is 0 Å². The molecule has 0 spiro atoms. The number of hydrogen-bond donors (Lipinski definition) is 2. The molecule has 39 heavy (non-hydrogen) atoms. The molecule has 11 heteroatoms. The topological polar surface area (TPSA) is 118 Å². The number of amides is 2. The van der Waals surface area contributed by atoms with Crippen molar-refractivity contribution in [3.05, 3.63) is 87.9 Å². The van der Waals surface area contributed by atoms with E-state index in [1.165, 1.54) is 16.2 Å². The van der Waals surface area contributed by atoms with Gasteiger partial charge in [-0.2, -0.15) is 0 Å². The molecule has 2 aromatic carbocycles. The van der Waals surface area contributed by atoms with Crippen molar-refractivity contribution >= 4 is 30.9 Å². The molecule has 0 saturated heterocycles. The van der Waals surface area contributed by atoms with Crippen LogP contribution >= 0.6 is 18.9 Å². The highest BCUT2D eigenvalue weighted by Gasteiger charge is 2.30. The number of hydrogen-bond acceptors (Lipinski definition) is 7. The van der Waals surface area contributed by atoms with Crippen molar-refractivity contribution in [2.24, 2.45) is 5.92 Å². The molecular formula is C28H36N3O6PS. The Bertz CT molecular complexity index is 1210. The highest BCUT2D eigenvalue weighted by Crippen LogP contribution is 2.53. The van der Waals surface area contributed by atoms with Crippen LogP contribution in [0.15, 0.2) is 66.0 Å². The molecule has 2 atom stereocenters. The van der Waals surface area contributed by atoms with Crippen LogP contribution in [0.25, 0.3) is 0 Å². The molecule has 0 saturated carbocycles. The maximum atomic E-state index is 13.9. The van der Waals surface area contributed by atoms with Crippen molar-refractivity contribution < 1.29 is 28.3 Å². The molecule has 9 nitrogen and oxygen atoms in total. The molecule has 210 valence electrons. The number of carbonyl (C=O) groups is 2. The number of urea groups is 1. The Morgan fingerprint density at radius 3 is 2.03 bits per heavy atom. The van der Waals surface area contributed by atoms with Crippen molar-refractivity contribution in [2.75, 3.05) is 13.2 Å². The second-order valence-electron chi connectivity index (χ2n) is 9.76. The summed E-state index contributed by atoms with van der Waals surface area (Å²) in [5.74, 6) is -1.56. The van der Waals surface area contributed by atoms with Gasteiger partial charge in [0, 0.05) is 18.3 Å². The average Bonchev–Trinajstić information content (AvgIpc) is 3.39. The Balaban J connectivity index is 1.65. The minimum atomic E-state index is -3.50. The van der Waals surface area contributed by atoms with Crippen molar-refractivity contribution in [3.8, 4) is 0 Å². The lowest BCUT2D eigenvalue weighted by atomic mass is 10.1. The van der Waals surface area contributed by atoms with E-state index in [1.54, 1.807) is 20.9 Å². The monoisotopic (exact) mass is 573 g/mol. The molecule has 2 N–H and O–H groups in total. The van der Waals surface area contributed by atoms with Crippen molar-refractivity contribution in [2.45, 2.75) is 52.5 Å². The van der Waals surface area contributed by atoms with E-state index >= 15 is 0 Å². The summed E-state index contributed by atoms with van der Waals surface area (Å²) in [5.41, 5.74) is 2.45. The number of benzene rings is 2. The van der Waals surface area contributed by atoms with E-state index in [1.807, 2.05) is 73.0 Å². The molecule has 1 aromatic heterocycles. The van der Waals surface area contributed by atoms with Crippen LogP contribution in [-0.4, -0.2) is 46.2 Å². The summed E-state index contributed by atoms with van der Waals surface area (Å²) >= 11 is 1.41. The van der Waals surface area contributed by atoms with E-state index in [0.717, 1.165) is 16.1 Å². The van der Waals surface area contributed by atoms with Crippen LogP contribution in [0.1, 0.15) is 48.5 Å². The zero-order chi connectivity index (χ0) is 28.4. The van der Waals surface area contributed by atoms with Crippen LogP contribution in [0.3, 0.4) is 0 Å². The molecule has 0 aliphatic carbocycles. The first-order chi connectivity index (χ1) is 18.6. The standard InChI is InChI=1S/C28H36N3O6PS/c1-20(2)25(27(32)33)30-28(34)31(4)15-24-19-39-26(29-24)21(3)18-38(35,36-16-22-11-7-5-8-12-22)37-17-23-13-9-6-10-14-23/h5-14,19-21,25H,15-18H2,1-4H3,(H,30,34)(H,32,33). The number of rotatable bonds is 14. The Hall–Kier alpha value is -3.04. The van der Waals surface area contributed by atoms with Gasteiger partial charge in [0.2, 0.25) is 0 Å². The number of nitrogens with zero attached hydrogens (tertiary/aromatic N) is 2. The van der Waals surface area contributed by atoms with Crippen LogP contribution in [-0.2, 0) is 38.2 Å². The second kappa shape index (κ2) is 14.4. The van der Waals surface area contributed by atoms with Gasteiger partial charge in [-0.3, -0.25) is 4.57 Å². The van der Waals surface area contributed by atoms with Crippen LogP contribution in [0.5, 0.6) is 0 Å². The molecule has 0 aliphatic heterocycles. The lowest BCUT2D eigenvalue weighted by Gasteiger charge is -2.23. The largest absolute Gasteiger partial charge is 0.480 e. The van der Waals surface area contributed by atoms with Gasteiger partial charge in [-0.1, -0.05) is 81.4 Å². The molecule has 1 heterocycles. The summed E-state index contributed by atoms with van der Waals surface area (Å²) in [5, 5.41) is 14.5. The lowest BCUT2D eigenvalue weighted by molar-refractivity contribution is -0.140. The third-order valence-corrected chi connectivity index (χ3v) is 9.15. The third kappa shape index (κ3) is 9.58. The van der Waals surface area contributed by atoms with E-state index in [0.29, 0.717) is 5.69 Å². The Labute approximate surface area is 233 Å². The Morgan fingerprint density at radius 1 is 1.00 bits per heavy atom. The smallest absolute Gasteiger partial charge is 0.332 e. The number of aliphatic carboxylic acids is 1. The first-order valence-electron chi connectivity index (χ1n) is 12.7. The summed E-state index contributed by atoms with van der Waals surface area (Å²) in [4.78, 5) is 30.0. The fourth-order valence-corrected chi connectivity index (χ4v) is 6.56. The van der Waals surface area contributed by atoms with E-state index in [2.05, 4.69) is 10.3 Å². The third-order valence-electron chi connectivity index (χ3n) is 5.99. The minimum absolute atomic E-state index is 0.143. The van der Waals surface area contributed by atoms with Crippen LogP contribution in [0, 0.1) is 5.92 Å². The number of carbonyl (C=O) groups excluding carboxylic acids is 1. The van der Waals surface area contributed by atoms with Gasteiger partial charge in [0.25, 0.3) is 0 Å². The molecule has 0 fully saturated rings. The fraction of sp³-hybridized carbons (Fsp3) is 0.393. The number of nitrogens with one attached hydrogen (secondary N) is 1. The van der Waals surface area contributed by atoms with Gasteiger partial charge in [0.15, 0.2) is 0 Å². The number of carboxylic acid groups (broad SMARTS) is 1. The van der Waals surface area contributed by atoms with Gasteiger partial charge in [-0.25, -0.2) is 14.6 Å². The first kappa shape index (κ1) is 30.5. The number of aromatic nitrogens is 1. The zero-order valence-corrected chi connectivity index (χ0v) is 24.4. The normalized spacial score (nSPS) is 13.2. The molecule has 0 radical (unpaired) electrons. The van der Waals surface area contributed by atoms with E-state index < -0.39 is 25.6 Å². The lowest BCUT2D eigenvalue weighted by Crippen LogP contribution is -2.48. The zero-order valence-electron chi connectivity index (χ0n) is 22.6. The van der Waals surface area contributed by atoms with Gasteiger partial charge in [0.1, 0.15) is 6.04 Å². The number of carboxylic acids is 1. The Morgan fingerprint density at radius 2 is 1.54 bits per heavy atom.